The van der Waals surface area contributed by atoms with Crippen molar-refractivity contribution in [3.63, 3.8) is 0 Å². The Kier molecular flexibility index (Phi) is 15.1. The molecule has 6 bridgehead atoms. The summed E-state index contributed by atoms with van der Waals surface area (Å²) in [6.07, 6.45) is 8.22. The van der Waals surface area contributed by atoms with Crippen molar-refractivity contribution in [3.05, 3.63) is 23.2 Å². The molecular formula is C48H79BrO10Si. The second-order valence-corrected chi connectivity index (χ2v) is 27.6. The number of ether oxygens (including phenoxy) is 7. The van der Waals surface area contributed by atoms with Gasteiger partial charge in [0.1, 0.15) is 36.3 Å². The molecule has 0 amide bonds. The normalized spacial score (nSPS) is 42.2. The van der Waals surface area contributed by atoms with E-state index in [0.29, 0.717) is 50.4 Å². The van der Waals surface area contributed by atoms with Gasteiger partial charge in [-0.25, -0.2) is 0 Å². The molecule has 0 aromatic heterocycles. The summed E-state index contributed by atoms with van der Waals surface area (Å²) < 4.78 is 54.9. The molecule has 8 aliphatic rings. The highest BCUT2D eigenvalue weighted by Gasteiger charge is 2.68. The number of rotatable bonds is 19. The van der Waals surface area contributed by atoms with E-state index in [-0.39, 0.29) is 95.9 Å². The summed E-state index contributed by atoms with van der Waals surface area (Å²) in [6, 6.07) is 0. The Balaban J connectivity index is 1.01. The number of halogens is 1. The second-order valence-electron chi connectivity index (χ2n) is 21.7. The van der Waals surface area contributed by atoms with E-state index in [0.717, 1.165) is 68.0 Å². The first kappa shape index (κ1) is 47.4. The van der Waals surface area contributed by atoms with Gasteiger partial charge in [0.15, 0.2) is 14.1 Å². The van der Waals surface area contributed by atoms with Gasteiger partial charge in [0.2, 0.25) is 0 Å². The number of hydrogen-bond donors (Lipinski definition) is 1. The van der Waals surface area contributed by atoms with Crippen molar-refractivity contribution in [2.24, 2.45) is 23.7 Å². The lowest BCUT2D eigenvalue weighted by Gasteiger charge is -2.47. The fourth-order valence-corrected chi connectivity index (χ4v) is 12.7. The van der Waals surface area contributed by atoms with Crippen LogP contribution in [0.3, 0.4) is 0 Å². The van der Waals surface area contributed by atoms with Gasteiger partial charge < -0.3 is 42.7 Å². The van der Waals surface area contributed by atoms with E-state index in [4.69, 9.17) is 37.6 Å². The highest BCUT2D eigenvalue weighted by atomic mass is 79.9. The Morgan fingerprint density at radius 1 is 0.967 bits per heavy atom. The molecule has 0 saturated carbocycles. The monoisotopic (exact) mass is 922 g/mol. The Morgan fingerprint density at radius 3 is 2.40 bits per heavy atom. The smallest absolute Gasteiger partial charge is 0.191 e. The molecule has 18 atom stereocenters. The van der Waals surface area contributed by atoms with E-state index < -0.39 is 20.2 Å². The molecule has 0 aromatic rings. The second kappa shape index (κ2) is 19.1. The van der Waals surface area contributed by atoms with Crippen molar-refractivity contribution in [1.82, 2.24) is 0 Å². The fourth-order valence-electron chi connectivity index (χ4n) is 11.2. The molecule has 8 rings (SSSR count). The number of aliphatic hydroxyl groups excluding tert-OH is 1. The summed E-state index contributed by atoms with van der Waals surface area (Å²) in [7, 11) is -1.88. The van der Waals surface area contributed by atoms with Crippen LogP contribution in [0.2, 0.25) is 18.1 Å². The number of hydrogen-bond acceptors (Lipinski definition) is 10. The number of ketones is 1. The Labute approximate surface area is 371 Å². The maximum absolute atomic E-state index is 14.3. The van der Waals surface area contributed by atoms with Gasteiger partial charge >= 0.3 is 0 Å². The number of fused-ring (bicyclic) bond motifs is 1. The molecule has 0 radical (unpaired) electrons. The predicted octanol–water partition coefficient (Wildman–Crippen LogP) is 9.74. The highest BCUT2D eigenvalue weighted by molar-refractivity contribution is 9.11. The van der Waals surface area contributed by atoms with Crippen LogP contribution in [-0.4, -0.2) is 111 Å². The molecule has 12 heteroatoms. The third kappa shape index (κ3) is 10.5. The van der Waals surface area contributed by atoms with Crippen molar-refractivity contribution in [3.8, 4) is 0 Å². The van der Waals surface area contributed by atoms with E-state index in [1.54, 1.807) is 0 Å². The quantitative estimate of drug-likeness (QED) is 0.0994. The van der Waals surface area contributed by atoms with Crippen LogP contribution >= 0.6 is 15.9 Å². The van der Waals surface area contributed by atoms with Gasteiger partial charge in [0, 0.05) is 45.1 Å². The molecule has 342 valence electrons. The first-order valence-electron chi connectivity index (χ1n) is 23.7. The number of aliphatic hydroxyl groups is 1. The zero-order chi connectivity index (χ0) is 43.3. The van der Waals surface area contributed by atoms with Crippen molar-refractivity contribution < 1.29 is 47.5 Å². The van der Waals surface area contributed by atoms with Crippen LogP contribution in [0, 0.1) is 23.7 Å². The summed E-state index contributed by atoms with van der Waals surface area (Å²) in [5.41, 5.74) is 1.16. The standard InChI is InChI=1S/C48H79BrO10Si/c1-12-13-14-34-20-28(3)30(5)39(53-34)24-40-36(31(6)38(55-40)19-27(2)26-52-60(10,11)47(7,8)9)23-33(51)22-35-15-16-37-42(54-35)46-45-44(56-37)43-41(57-45)25-48(58-43,59-46)18-17-32(50)21-29(4)49/h27-28,31-32,34-46,50H,4-5,12-26H2,1-3,6-11H3/t27-,28+,31+,32+,34?,35+,36+,37-,38+,39+,40?,41+,42-,43?,44-,45+,46?,48-/m0/s1. The fraction of sp³-hybridized carbons (Fsp3) is 0.896. The van der Waals surface area contributed by atoms with E-state index in [2.05, 4.69) is 90.6 Å². The zero-order valence-corrected chi connectivity index (χ0v) is 40.9. The number of unbranched alkanes of at least 4 members (excludes halogenated alkanes) is 1. The summed E-state index contributed by atoms with van der Waals surface area (Å²) >= 11 is 3.38. The first-order valence-corrected chi connectivity index (χ1v) is 27.4. The molecule has 8 fully saturated rings. The molecule has 8 saturated heterocycles. The zero-order valence-electron chi connectivity index (χ0n) is 38.3. The largest absolute Gasteiger partial charge is 0.417 e. The van der Waals surface area contributed by atoms with Gasteiger partial charge in [-0.05, 0) is 90.4 Å². The van der Waals surface area contributed by atoms with Gasteiger partial charge in [-0.2, -0.15) is 0 Å². The van der Waals surface area contributed by atoms with Crippen LogP contribution < -0.4 is 0 Å². The molecule has 10 nitrogen and oxygen atoms in total. The predicted molar refractivity (Wildman–Crippen MR) is 238 cm³/mol. The van der Waals surface area contributed by atoms with Crippen LogP contribution in [0.5, 0.6) is 0 Å². The molecule has 8 heterocycles. The van der Waals surface area contributed by atoms with Gasteiger partial charge in [-0.15, -0.1) is 0 Å². The summed E-state index contributed by atoms with van der Waals surface area (Å²) in [6.45, 7) is 29.8. The molecular weight excluding hydrogens is 845 g/mol. The van der Waals surface area contributed by atoms with Crippen LogP contribution in [0.15, 0.2) is 23.2 Å². The van der Waals surface area contributed by atoms with Crippen LogP contribution in [0.1, 0.15) is 138 Å². The van der Waals surface area contributed by atoms with Gasteiger partial charge in [0.05, 0.1) is 48.8 Å². The summed E-state index contributed by atoms with van der Waals surface area (Å²) in [5.74, 6) is 0.374. The lowest BCUT2D eigenvalue weighted by Crippen LogP contribution is -2.61. The van der Waals surface area contributed by atoms with E-state index in [1.165, 1.54) is 0 Å². The van der Waals surface area contributed by atoms with E-state index in [9.17, 15) is 9.90 Å². The first-order chi connectivity index (χ1) is 28.3. The number of Topliss-reactive ketones (excluding diaryl/α,β-unsaturated/α-hetero) is 1. The Hall–Kier alpha value is -0.513. The Morgan fingerprint density at radius 2 is 1.68 bits per heavy atom. The van der Waals surface area contributed by atoms with Crippen LogP contribution in [-0.2, 0) is 42.4 Å². The minimum atomic E-state index is -1.88. The lowest BCUT2D eigenvalue weighted by molar-refractivity contribution is -0.292. The molecule has 4 unspecified atom stereocenters. The SMILES string of the molecule is C=C(Br)C[C@H](O)CC[C@@]12C[C@H]3O[C@H]4C(O1)[C@H]1O[C@@H](CC(=O)C[C@H]5C(C[C@H]6OC(CCCC)C[C@@H](C)C6=C)O[C@H](C[C@H](C)CO[Si](C)(C)C(C)(C)C)[C@@H]5C)CC[C@@H]1O[C@H]4C3O2. The van der Waals surface area contributed by atoms with Crippen molar-refractivity contribution >= 4 is 30.0 Å². The van der Waals surface area contributed by atoms with Crippen molar-refractivity contribution in [1.29, 1.82) is 0 Å². The summed E-state index contributed by atoms with van der Waals surface area (Å²) in [4.78, 5) is 14.3. The van der Waals surface area contributed by atoms with Crippen LogP contribution in [0.25, 0.3) is 0 Å². The topological polar surface area (TPSA) is 111 Å². The highest BCUT2D eigenvalue weighted by Crippen LogP contribution is 2.54. The maximum atomic E-state index is 14.3. The maximum Gasteiger partial charge on any atom is 0.191 e. The van der Waals surface area contributed by atoms with Crippen LogP contribution in [0.4, 0.5) is 0 Å². The molecule has 0 aromatic carbocycles. The average Bonchev–Trinajstić information content (AvgIpc) is 3.71. The van der Waals surface area contributed by atoms with Gasteiger partial charge in [-0.3, -0.25) is 4.79 Å². The Bertz CT molecular complexity index is 1520. The lowest BCUT2D eigenvalue weighted by atomic mass is 9.78. The van der Waals surface area contributed by atoms with Crippen molar-refractivity contribution in [2.45, 2.75) is 242 Å². The molecule has 1 N–H and O–H groups in total. The van der Waals surface area contributed by atoms with E-state index >= 15 is 0 Å². The molecule has 60 heavy (non-hydrogen) atoms. The minimum Gasteiger partial charge on any atom is -0.417 e. The number of carbonyl (C=O) groups excluding carboxylic acids is 1. The van der Waals surface area contributed by atoms with E-state index in [1.807, 2.05) is 0 Å². The minimum absolute atomic E-state index is 0.0397. The van der Waals surface area contributed by atoms with Gasteiger partial charge in [0.25, 0.3) is 0 Å². The molecule has 8 aliphatic heterocycles. The summed E-state index contributed by atoms with van der Waals surface area (Å²) in [5, 5.41) is 10.8. The van der Waals surface area contributed by atoms with Crippen molar-refractivity contribution in [2.75, 3.05) is 6.61 Å². The third-order valence-electron chi connectivity index (χ3n) is 15.9. The van der Waals surface area contributed by atoms with Gasteiger partial charge in [-0.1, -0.05) is 90.4 Å². The third-order valence-corrected chi connectivity index (χ3v) is 20.7. The number of carbonyl (C=O) groups is 1. The average molecular weight is 924 g/mol. The molecule has 0 spiro atoms. The molecule has 0 aliphatic carbocycles.